The molecule has 0 radical (unpaired) electrons. The molecule has 0 amide bonds. The van der Waals surface area contributed by atoms with E-state index in [2.05, 4.69) is 20.9 Å². The van der Waals surface area contributed by atoms with Crippen LogP contribution in [0.2, 0.25) is 0 Å². The molecule has 7 heteroatoms. The summed E-state index contributed by atoms with van der Waals surface area (Å²) in [4.78, 5) is 18.5. The molecule has 0 atom stereocenters. The van der Waals surface area contributed by atoms with Crippen molar-refractivity contribution in [1.82, 2.24) is 9.88 Å². The fourth-order valence-corrected chi connectivity index (χ4v) is 2.24. The van der Waals surface area contributed by atoms with Crippen molar-refractivity contribution in [3.63, 3.8) is 0 Å². The van der Waals surface area contributed by atoms with E-state index in [0.29, 0.717) is 0 Å². The molecule has 106 valence electrons. The zero-order valence-corrected chi connectivity index (χ0v) is 11.6. The number of anilines is 1. The van der Waals surface area contributed by atoms with E-state index in [4.69, 9.17) is 5.26 Å². The number of nitro groups is 1. The van der Waals surface area contributed by atoms with Crippen LogP contribution in [-0.4, -0.2) is 46.5 Å². The SMILES string of the molecule is CC(C)(C#N)N1CCN(c2ccc([N+](=O)[O-])cn2)CC1. The van der Waals surface area contributed by atoms with Crippen molar-refractivity contribution >= 4 is 11.5 Å². The molecular formula is C13H17N5O2. The van der Waals surface area contributed by atoms with E-state index >= 15 is 0 Å². The molecule has 0 unspecified atom stereocenters. The van der Waals surface area contributed by atoms with Crippen molar-refractivity contribution in [2.24, 2.45) is 0 Å². The molecule has 7 nitrogen and oxygen atoms in total. The first-order valence-corrected chi connectivity index (χ1v) is 6.46. The maximum atomic E-state index is 10.6. The van der Waals surface area contributed by atoms with Gasteiger partial charge in [-0.15, -0.1) is 0 Å². The lowest BCUT2D eigenvalue weighted by molar-refractivity contribution is -0.385. The molecule has 20 heavy (non-hydrogen) atoms. The summed E-state index contributed by atoms with van der Waals surface area (Å²) in [6.45, 7) is 6.89. The van der Waals surface area contributed by atoms with E-state index < -0.39 is 10.5 Å². The number of nitrogens with zero attached hydrogens (tertiary/aromatic N) is 5. The molecule has 1 saturated heterocycles. The fourth-order valence-electron chi connectivity index (χ4n) is 2.24. The molecule has 1 aromatic rings. The highest BCUT2D eigenvalue weighted by Gasteiger charge is 2.30. The highest BCUT2D eigenvalue weighted by Crippen LogP contribution is 2.20. The van der Waals surface area contributed by atoms with Gasteiger partial charge in [-0.2, -0.15) is 5.26 Å². The molecule has 0 aliphatic carbocycles. The quantitative estimate of drug-likeness (QED) is 0.612. The second kappa shape index (κ2) is 5.43. The van der Waals surface area contributed by atoms with Crippen molar-refractivity contribution in [2.75, 3.05) is 31.1 Å². The summed E-state index contributed by atoms with van der Waals surface area (Å²) in [6.07, 6.45) is 1.28. The van der Waals surface area contributed by atoms with Gasteiger partial charge in [0, 0.05) is 32.2 Å². The van der Waals surface area contributed by atoms with Crippen LogP contribution < -0.4 is 4.90 Å². The molecule has 2 heterocycles. The Kier molecular flexibility index (Phi) is 3.86. The summed E-state index contributed by atoms with van der Waals surface area (Å²) in [5, 5.41) is 19.7. The lowest BCUT2D eigenvalue weighted by Gasteiger charge is -2.40. The van der Waals surface area contributed by atoms with E-state index in [1.54, 1.807) is 6.07 Å². The molecule has 0 spiro atoms. The van der Waals surface area contributed by atoms with Crippen molar-refractivity contribution in [2.45, 2.75) is 19.4 Å². The second-order valence-corrected chi connectivity index (χ2v) is 5.28. The van der Waals surface area contributed by atoms with Gasteiger partial charge in [0.25, 0.3) is 5.69 Å². The molecule has 0 aromatic carbocycles. The highest BCUT2D eigenvalue weighted by atomic mass is 16.6. The van der Waals surface area contributed by atoms with E-state index in [0.717, 1.165) is 32.0 Å². The minimum Gasteiger partial charge on any atom is -0.354 e. The monoisotopic (exact) mass is 275 g/mol. The Labute approximate surface area is 117 Å². The molecule has 0 bridgehead atoms. The Hall–Kier alpha value is -2.20. The number of piperazine rings is 1. The third-order valence-corrected chi connectivity index (χ3v) is 3.61. The lowest BCUT2D eigenvalue weighted by atomic mass is 10.0. The summed E-state index contributed by atoms with van der Waals surface area (Å²) in [5.41, 5.74) is -0.465. The van der Waals surface area contributed by atoms with Gasteiger partial charge in [-0.05, 0) is 19.9 Å². The first-order valence-electron chi connectivity index (χ1n) is 6.46. The van der Waals surface area contributed by atoms with Crippen molar-refractivity contribution in [3.8, 4) is 6.07 Å². The van der Waals surface area contributed by atoms with Crippen LogP contribution in [0.15, 0.2) is 18.3 Å². The maximum Gasteiger partial charge on any atom is 0.287 e. The zero-order valence-electron chi connectivity index (χ0n) is 11.6. The van der Waals surface area contributed by atoms with Crippen LogP contribution >= 0.6 is 0 Å². The summed E-state index contributed by atoms with van der Waals surface area (Å²) >= 11 is 0. The predicted octanol–water partition coefficient (Wildman–Crippen LogP) is 1.41. The lowest BCUT2D eigenvalue weighted by Crippen LogP contribution is -2.54. The van der Waals surface area contributed by atoms with Crippen molar-refractivity contribution in [1.29, 1.82) is 5.26 Å². The average molecular weight is 275 g/mol. The number of hydrogen-bond acceptors (Lipinski definition) is 6. The Bertz CT molecular complexity index is 527. The van der Waals surface area contributed by atoms with Gasteiger partial charge in [0.2, 0.25) is 0 Å². The van der Waals surface area contributed by atoms with Gasteiger partial charge in [-0.1, -0.05) is 0 Å². The molecule has 0 N–H and O–H groups in total. The van der Waals surface area contributed by atoms with Gasteiger partial charge >= 0.3 is 0 Å². The molecule has 1 aliphatic rings. The number of rotatable bonds is 3. The maximum absolute atomic E-state index is 10.6. The number of nitriles is 1. The Balaban J connectivity index is 2.01. The summed E-state index contributed by atoms with van der Waals surface area (Å²) in [6, 6.07) is 5.44. The van der Waals surface area contributed by atoms with Gasteiger partial charge in [-0.3, -0.25) is 15.0 Å². The minimum atomic E-state index is -0.463. The first kappa shape index (κ1) is 14.2. The third-order valence-electron chi connectivity index (χ3n) is 3.61. The van der Waals surface area contributed by atoms with Crippen molar-refractivity contribution < 1.29 is 4.92 Å². The van der Waals surface area contributed by atoms with Crippen LogP contribution in [0.3, 0.4) is 0 Å². The van der Waals surface area contributed by atoms with Gasteiger partial charge in [0.1, 0.15) is 17.6 Å². The summed E-state index contributed by atoms with van der Waals surface area (Å²) in [7, 11) is 0. The van der Waals surface area contributed by atoms with E-state index in [-0.39, 0.29) is 5.69 Å². The summed E-state index contributed by atoms with van der Waals surface area (Å²) in [5.74, 6) is 0.741. The molecule has 1 aromatic heterocycles. The van der Waals surface area contributed by atoms with E-state index in [1.807, 2.05) is 13.8 Å². The van der Waals surface area contributed by atoms with Gasteiger partial charge in [0.05, 0.1) is 11.0 Å². The third kappa shape index (κ3) is 2.86. The van der Waals surface area contributed by atoms with E-state index in [9.17, 15) is 10.1 Å². The van der Waals surface area contributed by atoms with Crippen LogP contribution in [0.5, 0.6) is 0 Å². The molecular weight excluding hydrogens is 258 g/mol. The predicted molar refractivity (Wildman–Crippen MR) is 74.4 cm³/mol. The molecule has 2 rings (SSSR count). The normalized spacial score (nSPS) is 16.8. The topological polar surface area (TPSA) is 86.3 Å². The standard InChI is InChI=1S/C13H17N5O2/c1-13(2,10-14)17-7-5-16(6-8-17)12-4-3-11(9-15-12)18(19)20/h3-4,9H,5-8H2,1-2H3. The smallest absolute Gasteiger partial charge is 0.287 e. The van der Waals surface area contributed by atoms with Crippen LogP contribution in [0.25, 0.3) is 0 Å². The zero-order chi connectivity index (χ0) is 14.8. The van der Waals surface area contributed by atoms with E-state index in [1.165, 1.54) is 12.3 Å². The molecule has 1 fully saturated rings. The van der Waals surface area contributed by atoms with Gasteiger partial charge in [-0.25, -0.2) is 4.98 Å². The Morgan fingerprint density at radius 3 is 2.45 bits per heavy atom. The Morgan fingerprint density at radius 1 is 1.35 bits per heavy atom. The minimum absolute atomic E-state index is 0.00185. The number of pyridine rings is 1. The summed E-state index contributed by atoms with van der Waals surface area (Å²) < 4.78 is 0. The molecule has 0 saturated carbocycles. The highest BCUT2D eigenvalue weighted by molar-refractivity contribution is 5.43. The molecule has 1 aliphatic heterocycles. The number of hydrogen-bond donors (Lipinski definition) is 0. The average Bonchev–Trinajstić information content (AvgIpc) is 2.47. The fraction of sp³-hybridized carbons (Fsp3) is 0.538. The number of aromatic nitrogens is 1. The first-order chi connectivity index (χ1) is 9.44. The van der Waals surface area contributed by atoms with Crippen LogP contribution in [-0.2, 0) is 0 Å². The van der Waals surface area contributed by atoms with Crippen LogP contribution in [0, 0.1) is 21.4 Å². The van der Waals surface area contributed by atoms with Crippen LogP contribution in [0.1, 0.15) is 13.8 Å². The van der Waals surface area contributed by atoms with Gasteiger partial charge < -0.3 is 4.90 Å². The second-order valence-electron chi connectivity index (χ2n) is 5.28. The van der Waals surface area contributed by atoms with Gasteiger partial charge in [0.15, 0.2) is 0 Å². The van der Waals surface area contributed by atoms with Crippen LogP contribution in [0.4, 0.5) is 11.5 Å². The Morgan fingerprint density at radius 2 is 2.00 bits per heavy atom. The van der Waals surface area contributed by atoms with Crippen molar-refractivity contribution in [3.05, 3.63) is 28.4 Å². The largest absolute Gasteiger partial charge is 0.354 e.